The van der Waals surface area contributed by atoms with E-state index in [9.17, 15) is 0 Å². The van der Waals surface area contributed by atoms with Crippen LogP contribution in [-0.4, -0.2) is 36.6 Å². The molecule has 2 nitrogen and oxygen atoms in total. The second-order valence-corrected chi connectivity index (χ2v) is 6.45. The molecule has 2 unspecified atom stereocenters. The normalized spacial score (nSPS) is 24.2. The molecule has 2 heteroatoms. The standard InChI is InChI=1S/C18H30N2/c1-4-5-11-20-14-17(19-13-18(20)15(2)3)12-16-9-7-6-8-10-16/h6-10,15,17-19H,4-5,11-14H2,1-3H3. The molecule has 20 heavy (non-hydrogen) atoms. The number of nitrogens with zero attached hydrogens (tertiary/aromatic N) is 1. The molecule has 0 radical (unpaired) electrons. The van der Waals surface area contributed by atoms with Gasteiger partial charge in [-0.3, -0.25) is 4.90 Å². The Bertz CT molecular complexity index is 374. The minimum Gasteiger partial charge on any atom is -0.311 e. The van der Waals surface area contributed by atoms with E-state index in [-0.39, 0.29) is 0 Å². The number of rotatable bonds is 6. The van der Waals surface area contributed by atoms with Crippen LogP contribution in [0.5, 0.6) is 0 Å². The lowest BCUT2D eigenvalue weighted by Gasteiger charge is -2.42. The Kier molecular flexibility index (Phi) is 6.06. The van der Waals surface area contributed by atoms with Gasteiger partial charge < -0.3 is 5.32 Å². The van der Waals surface area contributed by atoms with E-state index in [0.717, 1.165) is 18.9 Å². The van der Waals surface area contributed by atoms with E-state index in [2.05, 4.69) is 61.3 Å². The summed E-state index contributed by atoms with van der Waals surface area (Å²) in [7, 11) is 0. The molecule has 0 amide bonds. The van der Waals surface area contributed by atoms with Crippen LogP contribution in [0.4, 0.5) is 0 Å². The number of benzene rings is 1. The first kappa shape index (κ1) is 15.5. The van der Waals surface area contributed by atoms with E-state index >= 15 is 0 Å². The van der Waals surface area contributed by atoms with E-state index in [0.29, 0.717) is 12.1 Å². The van der Waals surface area contributed by atoms with E-state index in [4.69, 9.17) is 0 Å². The van der Waals surface area contributed by atoms with Gasteiger partial charge in [-0.15, -0.1) is 0 Å². The van der Waals surface area contributed by atoms with E-state index in [1.54, 1.807) is 0 Å². The van der Waals surface area contributed by atoms with Crippen molar-refractivity contribution in [2.24, 2.45) is 5.92 Å². The molecule has 1 saturated heterocycles. The zero-order chi connectivity index (χ0) is 14.4. The van der Waals surface area contributed by atoms with Crippen LogP contribution in [0.1, 0.15) is 39.2 Å². The van der Waals surface area contributed by atoms with Gasteiger partial charge in [0.1, 0.15) is 0 Å². The molecule has 0 aliphatic carbocycles. The molecule has 2 atom stereocenters. The van der Waals surface area contributed by atoms with E-state index in [1.165, 1.54) is 31.5 Å². The molecule has 1 aliphatic rings. The maximum atomic E-state index is 3.76. The third-order valence-electron chi connectivity index (χ3n) is 4.43. The van der Waals surface area contributed by atoms with Gasteiger partial charge in [0, 0.05) is 25.2 Å². The van der Waals surface area contributed by atoms with Gasteiger partial charge in [-0.25, -0.2) is 0 Å². The van der Waals surface area contributed by atoms with Crippen LogP contribution in [0.2, 0.25) is 0 Å². The molecule has 1 fully saturated rings. The summed E-state index contributed by atoms with van der Waals surface area (Å²) in [5.41, 5.74) is 1.45. The van der Waals surface area contributed by atoms with Crippen LogP contribution in [0.15, 0.2) is 30.3 Å². The van der Waals surface area contributed by atoms with Crippen LogP contribution in [0, 0.1) is 5.92 Å². The summed E-state index contributed by atoms with van der Waals surface area (Å²) >= 11 is 0. The number of nitrogens with one attached hydrogen (secondary N) is 1. The van der Waals surface area contributed by atoms with Crippen LogP contribution in [0.3, 0.4) is 0 Å². The zero-order valence-corrected chi connectivity index (χ0v) is 13.3. The lowest BCUT2D eigenvalue weighted by molar-refractivity contribution is 0.0969. The molecular weight excluding hydrogens is 244 g/mol. The van der Waals surface area contributed by atoms with Crippen molar-refractivity contribution < 1.29 is 0 Å². The average Bonchev–Trinajstić information content (AvgIpc) is 2.46. The molecular formula is C18H30N2. The summed E-state index contributed by atoms with van der Waals surface area (Å²) in [6.07, 6.45) is 3.76. The SMILES string of the molecule is CCCCN1CC(Cc2ccccc2)NCC1C(C)C. The molecule has 1 heterocycles. The van der Waals surface area contributed by atoms with Gasteiger partial charge in [0.25, 0.3) is 0 Å². The van der Waals surface area contributed by atoms with E-state index < -0.39 is 0 Å². The molecule has 0 aromatic heterocycles. The number of hydrogen-bond acceptors (Lipinski definition) is 2. The Morgan fingerprint density at radius 3 is 2.65 bits per heavy atom. The van der Waals surface area contributed by atoms with Gasteiger partial charge in [0.05, 0.1) is 0 Å². The predicted octanol–water partition coefficient (Wildman–Crippen LogP) is 3.33. The van der Waals surface area contributed by atoms with E-state index in [1.807, 2.05) is 0 Å². The molecule has 1 N–H and O–H groups in total. The summed E-state index contributed by atoms with van der Waals surface area (Å²) < 4.78 is 0. The summed E-state index contributed by atoms with van der Waals surface area (Å²) in [4.78, 5) is 2.72. The zero-order valence-electron chi connectivity index (χ0n) is 13.3. The minimum absolute atomic E-state index is 0.601. The van der Waals surface area contributed by atoms with Crippen molar-refractivity contribution in [1.82, 2.24) is 10.2 Å². The van der Waals surface area contributed by atoms with Crippen molar-refractivity contribution in [2.45, 2.75) is 52.1 Å². The first-order valence-electron chi connectivity index (χ1n) is 8.22. The first-order valence-corrected chi connectivity index (χ1v) is 8.22. The third-order valence-corrected chi connectivity index (χ3v) is 4.43. The summed E-state index contributed by atoms with van der Waals surface area (Å²) in [6.45, 7) is 10.6. The third kappa shape index (κ3) is 4.32. The van der Waals surface area contributed by atoms with Gasteiger partial charge in [-0.05, 0) is 30.9 Å². The van der Waals surface area contributed by atoms with Gasteiger partial charge in [-0.1, -0.05) is 57.5 Å². The Labute approximate surface area is 124 Å². The maximum absolute atomic E-state index is 3.76. The summed E-state index contributed by atoms with van der Waals surface area (Å²) in [5.74, 6) is 0.733. The van der Waals surface area contributed by atoms with Gasteiger partial charge in [-0.2, -0.15) is 0 Å². The van der Waals surface area contributed by atoms with Crippen LogP contribution in [-0.2, 0) is 6.42 Å². The Hall–Kier alpha value is -0.860. The van der Waals surface area contributed by atoms with Gasteiger partial charge in [0.2, 0.25) is 0 Å². The number of unbranched alkanes of at least 4 members (excludes halogenated alkanes) is 1. The molecule has 2 rings (SSSR count). The fourth-order valence-corrected chi connectivity index (χ4v) is 3.21. The highest BCUT2D eigenvalue weighted by Crippen LogP contribution is 2.17. The summed E-state index contributed by atoms with van der Waals surface area (Å²) in [6, 6.07) is 12.2. The lowest BCUT2D eigenvalue weighted by Crippen LogP contribution is -2.58. The smallest absolute Gasteiger partial charge is 0.0244 e. The molecule has 1 aromatic rings. The molecule has 0 spiro atoms. The second kappa shape index (κ2) is 7.80. The van der Waals surface area contributed by atoms with Crippen LogP contribution in [0.25, 0.3) is 0 Å². The largest absolute Gasteiger partial charge is 0.311 e. The van der Waals surface area contributed by atoms with Crippen molar-refractivity contribution in [3.05, 3.63) is 35.9 Å². The van der Waals surface area contributed by atoms with Crippen molar-refractivity contribution in [1.29, 1.82) is 0 Å². The highest BCUT2D eigenvalue weighted by atomic mass is 15.2. The topological polar surface area (TPSA) is 15.3 Å². The Morgan fingerprint density at radius 2 is 2.00 bits per heavy atom. The summed E-state index contributed by atoms with van der Waals surface area (Å²) in [5, 5.41) is 3.76. The quantitative estimate of drug-likeness (QED) is 0.856. The fraction of sp³-hybridized carbons (Fsp3) is 0.667. The van der Waals surface area contributed by atoms with Crippen molar-refractivity contribution in [3.8, 4) is 0 Å². The first-order chi connectivity index (χ1) is 9.70. The van der Waals surface area contributed by atoms with Crippen molar-refractivity contribution >= 4 is 0 Å². The number of hydrogen-bond donors (Lipinski definition) is 1. The van der Waals surface area contributed by atoms with Gasteiger partial charge in [0.15, 0.2) is 0 Å². The van der Waals surface area contributed by atoms with Crippen molar-refractivity contribution in [2.75, 3.05) is 19.6 Å². The molecule has 0 saturated carbocycles. The van der Waals surface area contributed by atoms with Gasteiger partial charge >= 0.3 is 0 Å². The highest BCUT2D eigenvalue weighted by molar-refractivity contribution is 5.16. The maximum Gasteiger partial charge on any atom is 0.0244 e. The van der Waals surface area contributed by atoms with Crippen molar-refractivity contribution in [3.63, 3.8) is 0 Å². The molecule has 112 valence electrons. The lowest BCUT2D eigenvalue weighted by atomic mass is 9.95. The minimum atomic E-state index is 0.601. The second-order valence-electron chi connectivity index (χ2n) is 6.45. The van der Waals surface area contributed by atoms with Crippen LogP contribution >= 0.6 is 0 Å². The molecule has 1 aromatic carbocycles. The predicted molar refractivity (Wildman–Crippen MR) is 87.0 cm³/mol. The monoisotopic (exact) mass is 274 g/mol. The Balaban J connectivity index is 1.93. The highest BCUT2D eigenvalue weighted by Gasteiger charge is 2.29. The van der Waals surface area contributed by atoms with Crippen LogP contribution < -0.4 is 5.32 Å². The molecule has 0 bridgehead atoms. The molecule has 1 aliphatic heterocycles. The fourth-order valence-electron chi connectivity index (χ4n) is 3.21. The number of piperazine rings is 1. The average molecular weight is 274 g/mol. The Morgan fingerprint density at radius 1 is 1.25 bits per heavy atom.